The van der Waals surface area contributed by atoms with Crippen LogP contribution in [0.3, 0.4) is 0 Å². The van der Waals surface area contributed by atoms with E-state index in [-0.39, 0.29) is 24.8 Å². The number of aryl methyl sites for hydroxylation is 2. The van der Waals surface area contributed by atoms with Crippen molar-refractivity contribution >= 4 is 17.8 Å². The Morgan fingerprint density at radius 1 is 1.08 bits per heavy atom. The molecular formula is C18H26N2O4. The van der Waals surface area contributed by atoms with Crippen molar-refractivity contribution in [1.82, 2.24) is 10.6 Å². The van der Waals surface area contributed by atoms with E-state index in [0.29, 0.717) is 6.42 Å². The van der Waals surface area contributed by atoms with Gasteiger partial charge in [0.1, 0.15) is 6.04 Å². The zero-order valence-electron chi connectivity index (χ0n) is 14.7. The molecule has 0 aliphatic heterocycles. The number of aliphatic carboxylic acids is 1. The van der Waals surface area contributed by atoms with Crippen LogP contribution in [0.1, 0.15) is 37.0 Å². The average Bonchev–Trinajstić information content (AvgIpc) is 2.48. The van der Waals surface area contributed by atoms with E-state index in [9.17, 15) is 14.4 Å². The molecule has 1 atom stereocenters. The first kappa shape index (κ1) is 19.7. The molecule has 0 radical (unpaired) electrons. The number of carboxylic acid groups (broad SMARTS) is 1. The van der Waals surface area contributed by atoms with Gasteiger partial charge in [0.25, 0.3) is 0 Å². The van der Waals surface area contributed by atoms with E-state index in [0.717, 1.165) is 16.7 Å². The monoisotopic (exact) mass is 334 g/mol. The maximum atomic E-state index is 12.0. The zero-order chi connectivity index (χ0) is 18.3. The van der Waals surface area contributed by atoms with Gasteiger partial charge >= 0.3 is 5.97 Å². The highest BCUT2D eigenvalue weighted by Gasteiger charge is 2.21. The lowest BCUT2D eigenvalue weighted by Gasteiger charge is -2.16. The van der Waals surface area contributed by atoms with Crippen LogP contribution in [0, 0.1) is 19.8 Å². The quantitative estimate of drug-likeness (QED) is 0.672. The van der Waals surface area contributed by atoms with Crippen LogP contribution in [-0.4, -0.2) is 35.5 Å². The first-order valence-corrected chi connectivity index (χ1v) is 8.04. The number of carboxylic acids is 1. The molecule has 1 rings (SSSR count). The SMILES string of the molecule is Cc1cccc(C)c1CC(=O)NCC(=O)N[C@@H](CC(C)C)C(=O)O. The summed E-state index contributed by atoms with van der Waals surface area (Å²) >= 11 is 0. The minimum atomic E-state index is -1.07. The van der Waals surface area contributed by atoms with E-state index in [1.165, 1.54) is 0 Å². The summed E-state index contributed by atoms with van der Waals surface area (Å²) in [6.07, 6.45) is 0.539. The van der Waals surface area contributed by atoms with E-state index in [4.69, 9.17) is 5.11 Å². The van der Waals surface area contributed by atoms with Crippen molar-refractivity contribution in [2.45, 2.75) is 46.6 Å². The van der Waals surface area contributed by atoms with Gasteiger partial charge in [-0.25, -0.2) is 4.79 Å². The normalized spacial score (nSPS) is 11.9. The van der Waals surface area contributed by atoms with Gasteiger partial charge in [-0.1, -0.05) is 32.0 Å². The molecule has 132 valence electrons. The van der Waals surface area contributed by atoms with Crippen LogP contribution in [0.4, 0.5) is 0 Å². The summed E-state index contributed by atoms with van der Waals surface area (Å²) in [5.41, 5.74) is 2.99. The molecule has 1 aromatic rings. The summed E-state index contributed by atoms with van der Waals surface area (Å²) in [6, 6.07) is 4.87. The standard InChI is InChI=1S/C18H26N2O4/c1-11(2)8-15(18(23)24)20-17(22)10-19-16(21)9-14-12(3)6-5-7-13(14)4/h5-7,11,15H,8-10H2,1-4H3,(H,19,21)(H,20,22)(H,23,24)/t15-/m0/s1. The van der Waals surface area contributed by atoms with Crippen LogP contribution in [-0.2, 0) is 20.8 Å². The molecule has 1 aromatic carbocycles. The van der Waals surface area contributed by atoms with Crippen molar-refractivity contribution < 1.29 is 19.5 Å². The van der Waals surface area contributed by atoms with Crippen molar-refractivity contribution in [3.8, 4) is 0 Å². The smallest absolute Gasteiger partial charge is 0.326 e. The van der Waals surface area contributed by atoms with Gasteiger partial charge in [0, 0.05) is 0 Å². The largest absolute Gasteiger partial charge is 0.480 e. The second-order valence-electron chi connectivity index (χ2n) is 6.41. The van der Waals surface area contributed by atoms with Gasteiger partial charge in [-0.3, -0.25) is 9.59 Å². The number of carbonyl (C=O) groups is 3. The van der Waals surface area contributed by atoms with E-state index in [1.54, 1.807) is 0 Å². The fourth-order valence-corrected chi connectivity index (χ4v) is 2.47. The fourth-order valence-electron chi connectivity index (χ4n) is 2.47. The number of carbonyl (C=O) groups excluding carboxylic acids is 2. The predicted octanol–water partition coefficient (Wildman–Crippen LogP) is 1.58. The van der Waals surface area contributed by atoms with Crippen LogP contribution in [0.15, 0.2) is 18.2 Å². The van der Waals surface area contributed by atoms with Gasteiger partial charge in [-0.15, -0.1) is 0 Å². The van der Waals surface area contributed by atoms with Crippen LogP contribution >= 0.6 is 0 Å². The summed E-state index contributed by atoms with van der Waals surface area (Å²) in [7, 11) is 0. The minimum absolute atomic E-state index is 0.144. The third kappa shape index (κ3) is 6.40. The highest BCUT2D eigenvalue weighted by Crippen LogP contribution is 2.13. The minimum Gasteiger partial charge on any atom is -0.480 e. The molecule has 0 spiro atoms. The van der Waals surface area contributed by atoms with Crippen molar-refractivity contribution in [3.05, 3.63) is 34.9 Å². The number of amides is 2. The molecule has 0 saturated carbocycles. The number of hydrogen-bond acceptors (Lipinski definition) is 3. The number of nitrogens with one attached hydrogen (secondary N) is 2. The molecule has 3 N–H and O–H groups in total. The van der Waals surface area contributed by atoms with E-state index in [2.05, 4.69) is 10.6 Å². The van der Waals surface area contributed by atoms with Gasteiger partial charge in [0.15, 0.2) is 0 Å². The maximum absolute atomic E-state index is 12.0. The summed E-state index contributed by atoms with van der Waals surface area (Å²) in [6.45, 7) is 7.41. The van der Waals surface area contributed by atoms with Crippen LogP contribution in [0.25, 0.3) is 0 Å². The van der Waals surface area contributed by atoms with Gasteiger partial charge < -0.3 is 15.7 Å². The summed E-state index contributed by atoms with van der Waals surface area (Å²) in [4.78, 5) is 35.0. The molecule has 0 bridgehead atoms. The van der Waals surface area contributed by atoms with Crippen molar-refractivity contribution in [1.29, 1.82) is 0 Å². The number of hydrogen-bond donors (Lipinski definition) is 3. The highest BCUT2D eigenvalue weighted by atomic mass is 16.4. The first-order chi connectivity index (χ1) is 11.2. The molecule has 0 aromatic heterocycles. The van der Waals surface area contributed by atoms with Gasteiger partial charge in [0.2, 0.25) is 11.8 Å². The van der Waals surface area contributed by atoms with Crippen LogP contribution in [0.2, 0.25) is 0 Å². The zero-order valence-corrected chi connectivity index (χ0v) is 14.7. The molecule has 0 aliphatic carbocycles. The second kappa shape index (κ2) is 9.05. The molecular weight excluding hydrogens is 308 g/mol. The van der Waals surface area contributed by atoms with Crippen molar-refractivity contribution in [3.63, 3.8) is 0 Å². The maximum Gasteiger partial charge on any atom is 0.326 e. The Hall–Kier alpha value is -2.37. The molecule has 24 heavy (non-hydrogen) atoms. The van der Waals surface area contributed by atoms with E-state index in [1.807, 2.05) is 45.9 Å². The Kier molecular flexibility index (Phi) is 7.42. The predicted molar refractivity (Wildman–Crippen MR) is 91.7 cm³/mol. The molecule has 2 amide bonds. The third-order valence-corrected chi connectivity index (χ3v) is 3.77. The Morgan fingerprint density at radius 2 is 1.67 bits per heavy atom. The van der Waals surface area contributed by atoms with Crippen LogP contribution in [0.5, 0.6) is 0 Å². The Balaban J connectivity index is 2.51. The topological polar surface area (TPSA) is 95.5 Å². The number of benzene rings is 1. The highest BCUT2D eigenvalue weighted by molar-refractivity contribution is 5.88. The van der Waals surface area contributed by atoms with Crippen molar-refractivity contribution in [2.75, 3.05) is 6.54 Å². The lowest BCUT2D eigenvalue weighted by Crippen LogP contribution is -2.46. The third-order valence-electron chi connectivity index (χ3n) is 3.77. The van der Waals surface area contributed by atoms with Gasteiger partial charge in [0.05, 0.1) is 13.0 Å². The van der Waals surface area contributed by atoms with Gasteiger partial charge in [-0.2, -0.15) is 0 Å². The summed E-state index contributed by atoms with van der Waals surface area (Å²) in [5.74, 6) is -1.69. The molecule has 0 unspecified atom stereocenters. The molecule has 0 heterocycles. The molecule has 6 heteroatoms. The van der Waals surface area contributed by atoms with Crippen molar-refractivity contribution in [2.24, 2.45) is 5.92 Å². The Labute approximate surface area is 142 Å². The van der Waals surface area contributed by atoms with E-state index < -0.39 is 17.9 Å². The first-order valence-electron chi connectivity index (χ1n) is 8.04. The lowest BCUT2D eigenvalue weighted by molar-refractivity contribution is -0.142. The average molecular weight is 334 g/mol. The van der Waals surface area contributed by atoms with Gasteiger partial charge in [-0.05, 0) is 42.9 Å². The second-order valence-corrected chi connectivity index (χ2v) is 6.41. The molecule has 6 nitrogen and oxygen atoms in total. The lowest BCUT2D eigenvalue weighted by atomic mass is 10.00. The number of rotatable bonds is 8. The molecule has 0 aliphatic rings. The molecule has 0 fully saturated rings. The Morgan fingerprint density at radius 3 is 2.17 bits per heavy atom. The van der Waals surface area contributed by atoms with Crippen LogP contribution < -0.4 is 10.6 Å². The summed E-state index contributed by atoms with van der Waals surface area (Å²) in [5, 5.41) is 14.1. The summed E-state index contributed by atoms with van der Waals surface area (Å²) < 4.78 is 0. The Bertz CT molecular complexity index is 591. The fraction of sp³-hybridized carbons (Fsp3) is 0.500. The van der Waals surface area contributed by atoms with E-state index >= 15 is 0 Å². The molecule has 0 saturated heterocycles.